The maximum atomic E-state index is 11.7. The molecular weight excluding hydrogens is 252 g/mol. The molecule has 18 heavy (non-hydrogen) atoms. The summed E-state index contributed by atoms with van der Waals surface area (Å²) in [4.78, 5) is 11.7. The van der Waals surface area contributed by atoms with Crippen LogP contribution in [0.4, 0.5) is 0 Å². The van der Waals surface area contributed by atoms with Crippen molar-refractivity contribution < 1.29 is 4.79 Å². The number of aryl methyl sites for hydroxylation is 1. The first kappa shape index (κ1) is 15.0. The highest BCUT2D eigenvalue weighted by Crippen LogP contribution is 2.27. The topological polar surface area (TPSA) is 69.8 Å². The predicted octanol–water partition coefficient (Wildman–Crippen LogP) is 1.32. The molecule has 6 heteroatoms. The number of fused-ring (bicyclic) bond motifs is 1. The highest BCUT2D eigenvalue weighted by Gasteiger charge is 2.23. The van der Waals surface area contributed by atoms with Crippen molar-refractivity contribution in [3.63, 3.8) is 0 Å². The lowest BCUT2D eigenvalue weighted by atomic mass is 9.93. The second-order valence-corrected chi connectivity index (χ2v) is 4.53. The Morgan fingerprint density at radius 3 is 3.22 bits per heavy atom. The molecule has 1 heterocycles. The summed E-state index contributed by atoms with van der Waals surface area (Å²) in [7, 11) is 1.90. The van der Waals surface area contributed by atoms with E-state index in [1.165, 1.54) is 5.56 Å². The second-order valence-electron chi connectivity index (χ2n) is 4.53. The number of aromatic amines is 1. The van der Waals surface area contributed by atoms with Crippen LogP contribution in [0.3, 0.4) is 0 Å². The summed E-state index contributed by atoms with van der Waals surface area (Å²) in [5.41, 5.74) is 2.34. The van der Waals surface area contributed by atoms with E-state index < -0.39 is 0 Å². The van der Waals surface area contributed by atoms with Crippen molar-refractivity contribution in [3.05, 3.63) is 17.5 Å². The molecule has 5 nitrogen and oxygen atoms in total. The normalized spacial score (nSPS) is 17.7. The van der Waals surface area contributed by atoms with Crippen molar-refractivity contribution in [2.24, 2.45) is 0 Å². The van der Waals surface area contributed by atoms with Crippen molar-refractivity contribution in [1.82, 2.24) is 20.8 Å². The first-order valence-electron chi connectivity index (χ1n) is 6.27. The van der Waals surface area contributed by atoms with Crippen LogP contribution in [-0.2, 0) is 11.2 Å². The van der Waals surface area contributed by atoms with Crippen molar-refractivity contribution in [3.8, 4) is 0 Å². The maximum Gasteiger partial charge on any atom is 0.220 e. The van der Waals surface area contributed by atoms with Crippen LogP contribution in [0.15, 0.2) is 6.20 Å². The van der Waals surface area contributed by atoms with Crippen LogP contribution in [0.25, 0.3) is 0 Å². The fourth-order valence-electron chi connectivity index (χ4n) is 2.30. The number of H-pyrrole nitrogens is 1. The number of hydrogen-bond donors (Lipinski definition) is 3. The maximum absolute atomic E-state index is 11.7. The van der Waals surface area contributed by atoms with Gasteiger partial charge in [0.25, 0.3) is 0 Å². The Morgan fingerprint density at radius 1 is 1.61 bits per heavy atom. The van der Waals surface area contributed by atoms with E-state index in [1.807, 2.05) is 13.2 Å². The molecule has 1 aliphatic rings. The summed E-state index contributed by atoms with van der Waals surface area (Å²) in [5, 5.41) is 13.2. The molecule has 1 aliphatic carbocycles. The van der Waals surface area contributed by atoms with Gasteiger partial charge in [0.2, 0.25) is 5.91 Å². The first-order valence-corrected chi connectivity index (χ1v) is 6.27. The summed E-state index contributed by atoms with van der Waals surface area (Å²) in [6, 6.07) is 0.128. The van der Waals surface area contributed by atoms with Crippen molar-refractivity contribution >= 4 is 18.3 Å². The molecule has 0 spiro atoms. The van der Waals surface area contributed by atoms with E-state index >= 15 is 0 Å². The van der Waals surface area contributed by atoms with Gasteiger partial charge in [-0.2, -0.15) is 5.10 Å². The van der Waals surface area contributed by atoms with Crippen molar-refractivity contribution in [2.75, 3.05) is 13.6 Å². The molecule has 0 saturated heterocycles. The van der Waals surface area contributed by atoms with E-state index in [9.17, 15) is 4.79 Å². The molecule has 3 N–H and O–H groups in total. The third-order valence-electron chi connectivity index (χ3n) is 3.20. The van der Waals surface area contributed by atoms with Gasteiger partial charge in [-0.05, 0) is 44.8 Å². The average molecular weight is 273 g/mol. The molecule has 0 radical (unpaired) electrons. The fourth-order valence-corrected chi connectivity index (χ4v) is 2.30. The number of hydrogen-bond acceptors (Lipinski definition) is 3. The Balaban J connectivity index is 0.00000162. The number of aromatic nitrogens is 2. The summed E-state index contributed by atoms with van der Waals surface area (Å²) in [5.74, 6) is 0.132. The predicted molar refractivity (Wildman–Crippen MR) is 72.8 cm³/mol. The molecule has 1 atom stereocenters. The molecule has 0 bridgehead atoms. The van der Waals surface area contributed by atoms with E-state index in [4.69, 9.17) is 0 Å². The number of amides is 1. The van der Waals surface area contributed by atoms with Crippen LogP contribution in [0.5, 0.6) is 0 Å². The van der Waals surface area contributed by atoms with Gasteiger partial charge < -0.3 is 10.6 Å². The lowest BCUT2D eigenvalue weighted by molar-refractivity contribution is -0.122. The molecule has 1 aromatic heterocycles. The van der Waals surface area contributed by atoms with Crippen LogP contribution in [0, 0.1) is 0 Å². The molecule has 1 amide bonds. The van der Waals surface area contributed by atoms with Crippen LogP contribution in [0.2, 0.25) is 0 Å². The lowest BCUT2D eigenvalue weighted by Gasteiger charge is -2.22. The highest BCUT2D eigenvalue weighted by molar-refractivity contribution is 5.85. The number of halogens is 1. The van der Waals surface area contributed by atoms with Gasteiger partial charge in [0.05, 0.1) is 17.9 Å². The second kappa shape index (κ2) is 7.38. The molecule has 0 aliphatic heterocycles. The first-order chi connectivity index (χ1) is 8.31. The molecule has 0 saturated carbocycles. The number of carbonyl (C=O) groups is 1. The number of nitrogens with one attached hydrogen (secondary N) is 3. The van der Waals surface area contributed by atoms with Crippen molar-refractivity contribution in [2.45, 2.75) is 38.1 Å². The van der Waals surface area contributed by atoms with E-state index in [0.717, 1.165) is 37.9 Å². The quantitative estimate of drug-likeness (QED) is 0.708. The van der Waals surface area contributed by atoms with Crippen LogP contribution in [-0.4, -0.2) is 29.7 Å². The number of carbonyl (C=O) groups excluding carboxylic acids is 1. The summed E-state index contributed by atoms with van der Waals surface area (Å²) >= 11 is 0. The molecule has 1 unspecified atom stereocenters. The van der Waals surface area contributed by atoms with E-state index in [2.05, 4.69) is 20.8 Å². The average Bonchev–Trinajstić information content (AvgIpc) is 2.78. The number of nitrogens with zero attached hydrogens (tertiary/aromatic N) is 1. The van der Waals surface area contributed by atoms with Gasteiger partial charge in [-0.3, -0.25) is 9.89 Å². The SMILES string of the molecule is CNCCCC(=O)NC1CCCc2cn[nH]c21.Cl. The van der Waals surface area contributed by atoms with E-state index in [1.54, 1.807) is 0 Å². The molecule has 0 aromatic carbocycles. The zero-order valence-electron chi connectivity index (χ0n) is 10.7. The minimum absolute atomic E-state index is 0. The Hall–Kier alpha value is -1.07. The molecule has 2 rings (SSSR count). The highest BCUT2D eigenvalue weighted by atomic mass is 35.5. The van der Waals surface area contributed by atoms with E-state index in [0.29, 0.717) is 6.42 Å². The zero-order valence-corrected chi connectivity index (χ0v) is 11.5. The van der Waals surface area contributed by atoms with Crippen LogP contribution >= 0.6 is 12.4 Å². The lowest BCUT2D eigenvalue weighted by Crippen LogP contribution is -2.31. The fraction of sp³-hybridized carbons (Fsp3) is 0.667. The molecular formula is C12H21ClN4O. The van der Waals surface area contributed by atoms with Gasteiger partial charge in [0, 0.05) is 6.42 Å². The van der Waals surface area contributed by atoms with Gasteiger partial charge >= 0.3 is 0 Å². The van der Waals surface area contributed by atoms with Crippen molar-refractivity contribution in [1.29, 1.82) is 0 Å². The smallest absolute Gasteiger partial charge is 0.220 e. The van der Waals surface area contributed by atoms with Gasteiger partial charge in [-0.15, -0.1) is 12.4 Å². The Labute approximate surface area is 114 Å². The summed E-state index contributed by atoms with van der Waals surface area (Å²) < 4.78 is 0. The van der Waals surface area contributed by atoms with Gasteiger partial charge in [-0.1, -0.05) is 0 Å². The summed E-state index contributed by atoms with van der Waals surface area (Å²) in [6.07, 6.45) is 6.53. The largest absolute Gasteiger partial charge is 0.348 e. The van der Waals surface area contributed by atoms with Crippen LogP contribution < -0.4 is 10.6 Å². The Morgan fingerprint density at radius 2 is 2.44 bits per heavy atom. The minimum Gasteiger partial charge on any atom is -0.348 e. The third kappa shape index (κ3) is 3.71. The van der Waals surface area contributed by atoms with Gasteiger partial charge in [0.15, 0.2) is 0 Å². The minimum atomic E-state index is 0. The standard InChI is InChI=1S/C12H20N4O.ClH/c1-13-7-3-6-11(17)15-10-5-2-4-9-8-14-16-12(9)10;/h8,10,13H,2-7H2,1H3,(H,14,16)(H,15,17);1H. The Kier molecular flexibility index (Phi) is 6.15. The zero-order chi connectivity index (χ0) is 12.1. The third-order valence-corrected chi connectivity index (χ3v) is 3.20. The van der Waals surface area contributed by atoms with Gasteiger partial charge in [0.1, 0.15) is 0 Å². The molecule has 1 aromatic rings. The molecule has 0 fully saturated rings. The monoisotopic (exact) mass is 272 g/mol. The van der Waals surface area contributed by atoms with E-state index in [-0.39, 0.29) is 24.4 Å². The van der Waals surface area contributed by atoms with Gasteiger partial charge in [-0.25, -0.2) is 0 Å². The van der Waals surface area contributed by atoms with Crippen LogP contribution in [0.1, 0.15) is 43.0 Å². The molecule has 102 valence electrons. The summed E-state index contributed by atoms with van der Waals surface area (Å²) in [6.45, 7) is 0.882. The number of rotatable bonds is 5. The Bertz CT molecular complexity index is 380.